The third kappa shape index (κ3) is 9.08. The summed E-state index contributed by atoms with van der Waals surface area (Å²) in [6, 6.07) is 49.8. The first-order chi connectivity index (χ1) is 32.6. The molecule has 2 N–H and O–H groups in total. The number of thiophene rings is 1. The molecule has 0 saturated heterocycles. The van der Waals surface area contributed by atoms with Crippen molar-refractivity contribution in [2.45, 2.75) is 105 Å². The molecule has 0 atom stereocenters. The normalized spacial score (nSPS) is 12.5. The van der Waals surface area contributed by atoms with Gasteiger partial charge in [0, 0.05) is 55.6 Å². The highest BCUT2D eigenvalue weighted by Crippen LogP contribution is 2.56. The van der Waals surface area contributed by atoms with E-state index in [9.17, 15) is 10.2 Å². The molecule has 0 fully saturated rings. The van der Waals surface area contributed by atoms with Crippen molar-refractivity contribution >= 4 is 11.3 Å². The molecule has 0 saturated carbocycles. The molecule has 2 radical (unpaired) electrons. The summed E-state index contributed by atoms with van der Waals surface area (Å²) in [5.41, 5.74) is 12.1. The van der Waals surface area contributed by atoms with E-state index in [-0.39, 0.29) is 11.5 Å². The Labute approximate surface area is 412 Å². The first-order valence-electron chi connectivity index (χ1n) is 23.9. The van der Waals surface area contributed by atoms with Gasteiger partial charge < -0.3 is 9.97 Å². The molecule has 9 aromatic rings. The summed E-state index contributed by atoms with van der Waals surface area (Å²) < 4.78 is 0. The Morgan fingerprint density at radius 3 is 0.884 bits per heavy atom. The van der Waals surface area contributed by atoms with Crippen LogP contribution in [0.1, 0.15) is 105 Å². The van der Waals surface area contributed by atoms with Gasteiger partial charge in [0.05, 0.1) is 32.5 Å². The molecule has 0 spiro atoms. The van der Waals surface area contributed by atoms with Gasteiger partial charge in [0.2, 0.25) is 0 Å². The third-order valence-electron chi connectivity index (χ3n) is 13.0. The minimum Gasteiger partial charge on any atom is -0.337 e. The average Bonchev–Trinajstić information content (AvgIpc) is 4.05. The van der Waals surface area contributed by atoms with Crippen LogP contribution in [0.5, 0.6) is 11.5 Å². The number of nitrogens with one attached hydrogen (secondary N) is 2. The zero-order chi connectivity index (χ0) is 49.2. The van der Waals surface area contributed by atoms with Crippen molar-refractivity contribution in [1.29, 1.82) is 0 Å². The van der Waals surface area contributed by atoms with Crippen LogP contribution in [0, 0.1) is 0 Å². The first kappa shape index (κ1) is 47.1. The SMILES string of the molecule is CC(C)(C)c1cc(-c2c(-c3nc(-c4ccccc4)c(-c4ccccc4)[nH]3)sc(-c3nc(-c4ccccc4)c(-c4ccccc4)[nH]3)c2-c2cc(C(C)(C)C)c([O])c(C(C)(C)C)c2)cc(C(C)(C)C)c1[O]. The molecule has 6 aromatic carbocycles. The molecule has 3 heterocycles. The van der Waals surface area contributed by atoms with Gasteiger partial charge in [-0.05, 0) is 57.1 Å². The fourth-order valence-corrected chi connectivity index (χ4v) is 10.5. The lowest BCUT2D eigenvalue weighted by atomic mass is 9.76. The molecule has 0 aliphatic carbocycles. The van der Waals surface area contributed by atoms with Gasteiger partial charge in [0.1, 0.15) is 11.6 Å². The Hall–Kier alpha value is -6.96. The number of hydrogen-bond acceptors (Lipinski definition) is 3. The van der Waals surface area contributed by atoms with Gasteiger partial charge in [0.15, 0.2) is 11.5 Å². The monoisotopic (exact) mass is 926 g/mol. The second-order valence-corrected chi connectivity index (χ2v) is 23.4. The molecular formula is C62H62N4O2S. The highest BCUT2D eigenvalue weighted by molar-refractivity contribution is 7.20. The molecule has 7 heteroatoms. The Morgan fingerprint density at radius 2 is 0.623 bits per heavy atom. The van der Waals surface area contributed by atoms with Gasteiger partial charge in [-0.15, -0.1) is 11.3 Å². The molecule has 69 heavy (non-hydrogen) atoms. The standard InChI is InChI=1S/C62H62N4O2S/c1-59(2,3)43-33-41(34-44(53(43)67)60(4,5)6)47-48(42-35-45(61(7,8)9)54(68)46(36-42)62(10,11)12)56(58-65-51(39-29-21-15-22-30-39)52(66-58)40-31-23-16-24-32-40)69-55(47)57-63-49(37-25-17-13-18-26-37)50(64-57)38-27-19-14-20-28-38/h13-36H,1-12H3,(H,63,64)(H,65,66). The van der Waals surface area contributed by atoms with Gasteiger partial charge in [-0.25, -0.2) is 9.97 Å². The van der Waals surface area contributed by atoms with Crippen molar-refractivity contribution in [3.8, 4) is 100 Å². The summed E-state index contributed by atoms with van der Waals surface area (Å²) in [6.07, 6.45) is 0. The van der Waals surface area contributed by atoms with Crippen LogP contribution >= 0.6 is 11.3 Å². The largest absolute Gasteiger partial charge is 0.337 e. The van der Waals surface area contributed by atoms with E-state index >= 15 is 0 Å². The highest BCUT2D eigenvalue weighted by atomic mass is 32.1. The molecule has 348 valence electrons. The van der Waals surface area contributed by atoms with Crippen molar-refractivity contribution in [1.82, 2.24) is 19.9 Å². The molecule has 0 unspecified atom stereocenters. The minimum atomic E-state index is -0.475. The second-order valence-electron chi connectivity index (χ2n) is 22.4. The lowest BCUT2D eigenvalue weighted by Gasteiger charge is -2.28. The van der Waals surface area contributed by atoms with E-state index in [2.05, 4.69) is 190 Å². The summed E-state index contributed by atoms with van der Waals surface area (Å²) in [7, 11) is 0. The summed E-state index contributed by atoms with van der Waals surface area (Å²) in [6.45, 7) is 25.4. The number of benzene rings is 6. The molecule has 0 bridgehead atoms. The Balaban J connectivity index is 1.50. The molecule has 0 amide bonds. The molecule has 6 nitrogen and oxygen atoms in total. The van der Waals surface area contributed by atoms with E-state index < -0.39 is 21.7 Å². The van der Waals surface area contributed by atoms with Gasteiger partial charge >= 0.3 is 0 Å². The Morgan fingerprint density at radius 1 is 0.362 bits per heavy atom. The van der Waals surface area contributed by atoms with Crippen LogP contribution < -0.4 is 0 Å². The number of aromatic nitrogens is 4. The molecular weight excluding hydrogens is 865 g/mol. The summed E-state index contributed by atoms with van der Waals surface area (Å²) in [5, 5.41) is 29.5. The number of H-pyrrole nitrogens is 2. The maximum Gasteiger partial charge on any atom is 0.186 e. The molecule has 0 aliphatic rings. The predicted molar refractivity (Wildman–Crippen MR) is 287 cm³/mol. The van der Waals surface area contributed by atoms with Crippen LogP contribution in [0.4, 0.5) is 0 Å². The zero-order valence-corrected chi connectivity index (χ0v) is 42.8. The van der Waals surface area contributed by atoms with Gasteiger partial charge in [-0.1, -0.05) is 204 Å². The first-order valence-corrected chi connectivity index (χ1v) is 24.7. The smallest absolute Gasteiger partial charge is 0.186 e. The average molecular weight is 927 g/mol. The van der Waals surface area contributed by atoms with E-state index in [4.69, 9.17) is 9.97 Å². The van der Waals surface area contributed by atoms with E-state index in [1.54, 1.807) is 11.3 Å². The number of imidazole rings is 2. The lowest BCUT2D eigenvalue weighted by Crippen LogP contribution is -2.17. The van der Waals surface area contributed by atoms with Gasteiger partial charge in [-0.2, -0.15) is 0 Å². The fraction of sp³-hybridized carbons (Fsp3) is 0.258. The van der Waals surface area contributed by atoms with Crippen LogP contribution in [-0.4, -0.2) is 19.9 Å². The van der Waals surface area contributed by atoms with E-state index in [1.165, 1.54) is 0 Å². The topological polar surface area (TPSA) is 97.2 Å². The number of aromatic amines is 2. The van der Waals surface area contributed by atoms with E-state index in [0.717, 1.165) is 99.3 Å². The minimum absolute atomic E-state index is 0.0554. The highest BCUT2D eigenvalue weighted by Gasteiger charge is 2.35. The van der Waals surface area contributed by atoms with Crippen LogP contribution in [0.2, 0.25) is 0 Å². The van der Waals surface area contributed by atoms with Crippen molar-refractivity contribution in [2.24, 2.45) is 0 Å². The molecule has 0 aliphatic heterocycles. The Bertz CT molecular complexity index is 2890. The maximum atomic E-state index is 14.7. The fourth-order valence-electron chi connectivity index (χ4n) is 9.29. The van der Waals surface area contributed by atoms with Crippen LogP contribution in [0.25, 0.3) is 88.7 Å². The predicted octanol–water partition coefficient (Wildman–Crippen LogP) is 18.0. The third-order valence-corrected chi connectivity index (χ3v) is 14.2. The summed E-state index contributed by atoms with van der Waals surface area (Å²) >= 11 is 1.62. The van der Waals surface area contributed by atoms with Crippen LogP contribution in [0.3, 0.4) is 0 Å². The van der Waals surface area contributed by atoms with Crippen molar-refractivity contribution < 1.29 is 10.2 Å². The summed E-state index contributed by atoms with van der Waals surface area (Å²) in [4.78, 5) is 20.7. The van der Waals surface area contributed by atoms with Crippen molar-refractivity contribution in [3.63, 3.8) is 0 Å². The van der Waals surface area contributed by atoms with Gasteiger partial charge in [0.25, 0.3) is 0 Å². The van der Waals surface area contributed by atoms with E-state index in [1.807, 2.05) is 48.5 Å². The maximum absolute atomic E-state index is 14.7. The zero-order valence-electron chi connectivity index (χ0n) is 42.0. The quantitative estimate of drug-likeness (QED) is 0.159. The van der Waals surface area contributed by atoms with Crippen LogP contribution in [-0.2, 0) is 31.9 Å². The van der Waals surface area contributed by atoms with Gasteiger partial charge in [-0.3, -0.25) is 10.2 Å². The van der Waals surface area contributed by atoms with Crippen LogP contribution in [0.15, 0.2) is 146 Å². The molecule has 9 rings (SSSR count). The van der Waals surface area contributed by atoms with Crippen molar-refractivity contribution in [3.05, 3.63) is 168 Å². The number of nitrogens with zero attached hydrogens (tertiary/aromatic N) is 2. The van der Waals surface area contributed by atoms with Crippen molar-refractivity contribution in [2.75, 3.05) is 0 Å². The number of hydrogen-bond donors (Lipinski definition) is 2. The Kier molecular flexibility index (Phi) is 12.0. The molecule has 3 aromatic heterocycles. The lowest BCUT2D eigenvalue weighted by molar-refractivity contribution is 0.326. The van der Waals surface area contributed by atoms with E-state index in [0.29, 0.717) is 11.6 Å². The summed E-state index contributed by atoms with van der Waals surface area (Å²) in [5.74, 6) is 1.48. The number of rotatable bonds is 8. The second kappa shape index (κ2) is 17.5.